The first-order chi connectivity index (χ1) is 12.7. The van der Waals surface area contributed by atoms with Gasteiger partial charge >= 0.3 is 5.97 Å². The number of sulfone groups is 1. The molecule has 1 amide bonds. The third-order valence-corrected chi connectivity index (χ3v) is 6.01. The minimum absolute atomic E-state index is 0.00283. The van der Waals surface area contributed by atoms with E-state index in [1.807, 2.05) is 18.2 Å². The molecule has 0 aliphatic carbocycles. The number of hydrogen-bond donors (Lipinski definition) is 1. The zero-order valence-electron chi connectivity index (χ0n) is 15.0. The summed E-state index contributed by atoms with van der Waals surface area (Å²) in [6, 6.07) is 8.63. The topological polar surface area (TPSA) is 116 Å². The summed E-state index contributed by atoms with van der Waals surface area (Å²) in [5, 5.41) is 2.60. The van der Waals surface area contributed by atoms with Crippen molar-refractivity contribution in [2.45, 2.75) is 32.4 Å². The lowest BCUT2D eigenvalue weighted by atomic mass is 10.2. The Morgan fingerprint density at radius 2 is 2.00 bits per heavy atom. The van der Waals surface area contributed by atoms with Crippen LogP contribution < -0.4 is 5.32 Å². The van der Waals surface area contributed by atoms with Gasteiger partial charge in [0.1, 0.15) is 5.76 Å². The lowest BCUT2D eigenvalue weighted by Gasteiger charge is -2.16. The van der Waals surface area contributed by atoms with Crippen molar-refractivity contribution in [3.05, 3.63) is 41.8 Å². The van der Waals surface area contributed by atoms with Gasteiger partial charge in [0.2, 0.25) is 5.89 Å². The van der Waals surface area contributed by atoms with E-state index < -0.39 is 33.9 Å². The molecule has 2 aromatic rings. The molecule has 9 heteroatoms. The van der Waals surface area contributed by atoms with Gasteiger partial charge in [-0.05, 0) is 32.4 Å². The summed E-state index contributed by atoms with van der Waals surface area (Å²) >= 11 is 0. The van der Waals surface area contributed by atoms with E-state index in [0.29, 0.717) is 12.0 Å². The van der Waals surface area contributed by atoms with Gasteiger partial charge in [-0.2, -0.15) is 0 Å². The Labute approximate surface area is 156 Å². The zero-order valence-corrected chi connectivity index (χ0v) is 15.8. The fraction of sp³-hybridized carbons (Fsp3) is 0.389. The fourth-order valence-electron chi connectivity index (χ4n) is 2.79. The van der Waals surface area contributed by atoms with Gasteiger partial charge in [-0.3, -0.25) is 4.79 Å². The molecule has 1 saturated heterocycles. The van der Waals surface area contributed by atoms with E-state index in [4.69, 9.17) is 9.15 Å². The molecule has 0 unspecified atom stereocenters. The van der Waals surface area contributed by atoms with Crippen molar-refractivity contribution < 1.29 is 27.2 Å². The summed E-state index contributed by atoms with van der Waals surface area (Å²) in [5.41, 5.74) is 0.713. The summed E-state index contributed by atoms with van der Waals surface area (Å²) in [5.74, 6) is -0.800. The maximum atomic E-state index is 12.3. The standard InChI is InChI=1S/C18H20N2O6S/c1-11-15(20-17(25-11)13-6-4-3-5-7-13)18(22)26-12(2)16(21)19-14-8-9-27(23,24)10-14/h3-7,12,14H,8-10H2,1-2H3,(H,19,21)/t12-,14-/m0/s1. The van der Waals surface area contributed by atoms with E-state index >= 15 is 0 Å². The molecule has 2 heterocycles. The largest absolute Gasteiger partial charge is 0.448 e. The van der Waals surface area contributed by atoms with E-state index in [-0.39, 0.29) is 28.9 Å². The van der Waals surface area contributed by atoms with Gasteiger partial charge in [0.15, 0.2) is 21.6 Å². The smallest absolute Gasteiger partial charge is 0.361 e. The van der Waals surface area contributed by atoms with Gasteiger partial charge in [-0.1, -0.05) is 18.2 Å². The Balaban J connectivity index is 1.63. The van der Waals surface area contributed by atoms with Crippen LogP contribution in [0.4, 0.5) is 0 Å². The van der Waals surface area contributed by atoms with Crippen LogP contribution in [0.5, 0.6) is 0 Å². The van der Waals surface area contributed by atoms with Crippen LogP contribution in [-0.4, -0.2) is 48.9 Å². The van der Waals surface area contributed by atoms with E-state index in [0.717, 1.165) is 0 Å². The van der Waals surface area contributed by atoms with Crippen LogP contribution in [0.3, 0.4) is 0 Å². The van der Waals surface area contributed by atoms with Crippen LogP contribution in [0.25, 0.3) is 11.5 Å². The number of esters is 1. The number of aromatic nitrogens is 1. The molecule has 1 aromatic heterocycles. The van der Waals surface area contributed by atoms with Gasteiger partial charge in [0.25, 0.3) is 5.91 Å². The molecule has 0 bridgehead atoms. The van der Waals surface area contributed by atoms with Crippen LogP contribution in [-0.2, 0) is 19.4 Å². The molecule has 0 radical (unpaired) electrons. The highest BCUT2D eigenvalue weighted by molar-refractivity contribution is 7.91. The highest BCUT2D eigenvalue weighted by atomic mass is 32.2. The Hall–Kier alpha value is -2.68. The summed E-state index contributed by atoms with van der Waals surface area (Å²) < 4.78 is 33.6. The Morgan fingerprint density at radius 1 is 1.30 bits per heavy atom. The number of benzene rings is 1. The molecule has 2 atom stereocenters. The minimum Gasteiger partial charge on any atom is -0.448 e. The third-order valence-electron chi connectivity index (χ3n) is 4.24. The molecule has 3 rings (SSSR count). The predicted octanol–water partition coefficient (Wildman–Crippen LogP) is 1.50. The number of amides is 1. The molecule has 27 heavy (non-hydrogen) atoms. The monoisotopic (exact) mass is 392 g/mol. The van der Waals surface area contributed by atoms with Crippen molar-refractivity contribution in [3.8, 4) is 11.5 Å². The molecule has 1 aliphatic heterocycles. The predicted molar refractivity (Wildman–Crippen MR) is 96.8 cm³/mol. The quantitative estimate of drug-likeness (QED) is 0.767. The van der Waals surface area contributed by atoms with Gasteiger partial charge in [0.05, 0.1) is 11.5 Å². The van der Waals surface area contributed by atoms with Crippen LogP contribution >= 0.6 is 0 Å². The third kappa shape index (κ3) is 4.54. The number of rotatable bonds is 5. The lowest BCUT2D eigenvalue weighted by Crippen LogP contribution is -2.42. The SMILES string of the molecule is Cc1oc(-c2ccccc2)nc1C(=O)O[C@@H](C)C(=O)N[C@H]1CCS(=O)(=O)C1. The maximum absolute atomic E-state index is 12.3. The number of oxazole rings is 1. The molecular formula is C18H20N2O6S. The molecule has 1 aliphatic rings. The van der Waals surface area contributed by atoms with Crippen molar-refractivity contribution in [2.75, 3.05) is 11.5 Å². The first-order valence-electron chi connectivity index (χ1n) is 8.50. The fourth-order valence-corrected chi connectivity index (χ4v) is 4.46. The van der Waals surface area contributed by atoms with E-state index in [1.165, 1.54) is 6.92 Å². The van der Waals surface area contributed by atoms with Gasteiger partial charge < -0.3 is 14.5 Å². The number of carbonyl (C=O) groups is 2. The number of carbonyl (C=O) groups excluding carboxylic acids is 2. The number of ether oxygens (including phenoxy) is 1. The maximum Gasteiger partial charge on any atom is 0.361 e. The van der Waals surface area contributed by atoms with Gasteiger partial charge in [-0.25, -0.2) is 18.2 Å². The minimum atomic E-state index is -3.11. The number of nitrogens with one attached hydrogen (secondary N) is 1. The number of nitrogens with zero attached hydrogens (tertiary/aromatic N) is 1. The number of aryl methyl sites for hydroxylation is 1. The molecule has 0 saturated carbocycles. The first-order valence-corrected chi connectivity index (χ1v) is 10.3. The Kier molecular flexibility index (Phi) is 5.31. The average molecular weight is 392 g/mol. The molecule has 0 spiro atoms. The van der Waals surface area contributed by atoms with Crippen molar-refractivity contribution >= 4 is 21.7 Å². The van der Waals surface area contributed by atoms with Crippen molar-refractivity contribution in [1.29, 1.82) is 0 Å². The normalized spacial score (nSPS) is 19.4. The van der Waals surface area contributed by atoms with Crippen molar-refractivity contribution in [1.82, 2.24) is 10.3 Å². The first kappa shape index (κ1) is 19.1. The highest BCUT2D eigenvalue weighted by Gasteiger charge is 2.31. The van der Waals surface area contributed by atoms with Crippen LogP contribution in [0.1, 0.15) is 29.6 Å². The molecule has 1 aromatic carbocycles. The van der Waals surface area contributed by atoms with E-state index in [1.54, 1.807) is 19.1 Å². The second kappa shape index (κ2) is 7.51. The summed E-state index contributed by atoms with van der Waals surface area (Å²) in [4.78, 5) is 28.7. The molecule has 1 fully saturated rings. The molecule has 8 nitrogen and oxygen atoms in total. The summed E-state index contributed by atoms with van der Waals surface area (Å²) in [7, 11) is -3.11. The second-order valence-corrected chi connectivity index (χ2v) is 8.67. The van der Waals surface area contributed by atoms with Crippen molar-refractivity contribution in [3.63, 3.8) is 0 Å². The Bertz CT molecular complexity index is 951. The van der Waals surface area contributed by atoms with Crippen LogP contribution in [0, 0.1) is 6.92 Å². The molecule has 1 N–H and O–H groups in total. The highest BCUT2D eigenvalue weighted by Crippen LogP contribution is 2.22. The van der Waals surface area contributed by atoms with Crippen LogP contribution in [0.15, 0.2) is 34.7 Å². The number of hydrogen-bond acceptors (Lipinski definition) is 7. The second-order valence-electron chi connectivity index (χ2n) is 6.45. The van der Waals surface area contributed by atoms with E-state index in [2.05, 4.69) is 10.3 Å². The average Bonchev–Trinajstić information content (AvgIpc) is 3.17. The Morgan fingerprint density at radius 3 is 2.63 bits per heavy atom. The van der Waals surface area contributed by atoms with E-state index in [9.17, 15) is 18.0 Å². The van der Waals surface area contributed by atoms with Gasteiger partial charge in [0, 0.05) is 11.6 Å². The summed E-state index contributed by atoms with van der Waals surface area (Å²) in [6.45, 7) is 3.01. The zero-order chi connectivity index (χ0) is 19.6. The lowest BCUT2D eigenvalue weighted by molar-refractivity contribution is -0.129. The van der Waals surface area contributed by atoms with Crippen LogP contribution in [0.2, 0.25) is 0 Å². The molecular weight excluding hydrogens is 372 g/mol. The van der Waals surface area contributed by atoms with Gasteiger partial charge in [-0.15, -0.1) is 0 Å². The van der Waals surface area contributed by atoms with Crippen molar-refractivity contribution in [2.24, 2.45) is 0 Å². The summed E-state index contributed by atoms with van der Waals surface area (Å²) in [6.07, 6.45) is -0.727. The molecule has 144 valence electrons.